The zero-order valence-corrected chi connectivity index (χ0v) is 19.1. The van der Waals surface area contributed by atoms with Gasteiger partial charge in [-0.15, -0.1) is 0 Å². The molecule has 32 heavy (non-hydrogen) atoms. The minimum Gasteiger partial charge on any atom is -0.497 e. The molecule has 1 aromatic heterocycles. The molecule has 3 rings (SSSR count). The van der Waals surface area contributed by atoms with E-state index < -0.39 is 11.7 Å². The van der Waals surface area contributed by atoms with Crippen LogP contribution < -0.4 is 15.4 Å². The summed E-state index contributed by atoms with van der Waals surface area (Å²) in [5, 5.41) is 6.60. The first kappa shape index (κ1) is 23.2. The van der Waals surface area contributed by atoms with E-state index in [0.29, 0.717) is 25.9 Å². The number of aromatic amines is 1. The minimum atomic E-state index is -0.547. The highest BCUT2D eigenvalue weighted by Crippen LogP contribution is 2.32. The number of amides is 2. The third-order valence-electron chi connectivity index (χ3n) is 4.91. The van der Waals surface area contributed by atoms with E-state index in [4.69, 9.17) is 9.47 Å². The molecule has 0 saturated heterocycles. The van der Waals surface area contributed by atoms with Crippen LogP contribution in [0.3, 0.4) is 0 Å². The summed E-state index contributed by atoms with van der Waals surface area (Å²) in [6.45, 7) is 6.07. The van der Waals surface area contributed by atoms with Gasteiger partial charge >= 0.3 is 6.09 Å². The number of carbonyl (C=O) groups is 2. The summed E-state index contributed by atoms with van der Waals surface area (Å²) in [5.74, 6) is 0.729. The van der Waals surface area contributed by atoms with Gasteiger partial charge < -0.3 is 25.1 Å². The van der Waals surface area contributed by atoms with Crippen molar-refractivity contribution in [2.75, 3.05) is 20.2 Å². The minimum absolute atomic E-state index is 0.0676. The van der Waals surface area contributed by atoms with E-state index in [0.717, 1.165) is 33.5 Å². The molecule has 7 nitrogen and oxygen atoms in total. The summed E-state index contributed by atoms with van der Waals surface area (Å²) < 4.78 is 10.4. The molecule has 0 radical (unpaired) electrons. The van der Waals surface area contributed by atoms with Crippen LogP contribution in [0.15, 0.2) is 48.5 Å². The molecule has 0 fully saturated rings. The first-order valence-corrected chi connectivity index (χ1v) is 10.7. The molecule has 0 spiro atoms. The van der Waals surface area contributed by atoms with E-state index in [1.165, 1.54) is 0 Å². The third-order valence-corrected chi connectivity index (χ3v) is 4.91. The van der Waals surface area contributed by atoms with Gasteiger partial charge in [0.2, 0.25) is 5.91 Å². The highest BCUT2D eigenvalue weighted by atomic mass is 16.6. The fraction of sp³-hybridized carbons (Fsp3) is 0.360. The van der Waals surface area contributed by atoms with E-state index in [1.807, 2.05) is 42.5 Å². The predicted molar refractivity (Wildman–Crippen MR) is 126 cm³/mol. The number of carbonyl (C=O) groups excluding carboxylic acids is 2. The molecule has 2 aromatic carbocycles. The second-order valence-electron chi connectivity index (χ2n) is 8.53. The number of alkyl carbamates (subject to hydrolysis) is 1. The van der Waals surface area contributed by atoms with Crippen molar-refractivity contribution in [3.63, 3.8) is 0 Å². The third kappa shape index (κ3) is 6.26. The van der Waals surface area contributed by atoms with Gasteiger partial charge in [-0.1, -0.05) is 18.2 Å². The second-order valence-corrected chi connectivity index (χ2v) is 8.53. The van der Waals surface area contributed by atoms with Gasteiger partial charge in [0.15, 0.2) is 0 Å². The highest BCUT2D eigenvalue weighted by Gasteiger charge is 2.16. The van der Waals surface area contributed by atoms with Crippen LogP contribution in [0.5, 0.6) is 5.75 Å². The van der Waals surface area contributed by atoms with E-state index in [-0.39, 0.29) is 5.91 Å². The zero-order valence-electron chi connectivity index (χ0n) is 19.1. The summed E-state index contributed by atoms with van der Waals surface area (Å²) in [6, 6.07) is 16.0. The molecular formula is C25H31N3O4. The number of hydrogen-bond donors (Lipinski definition) is 3. The van der Waals surface area contributed by atoms with E-state index in [1.54, 1.807) is 27.9 Å². The first-order valence-electron chi connectivity index (χ1n) is 10.7. The van der Waals surface area contributed by atoms with Crippen molar-refractivity contribution in [3.8, 4) is 17.0 Å². The number of aromatic nitrogens is 1. The maximum atomic E-state index is 12.4. The SMILES string of the molecule is COc1ccc(-c2[nH]c3ccccc3c2CCC(=O)NCCNC(=O)OC(C)(C)C)cc1. The summed E-state index contributed by atoms with van der Waals surface area (Å²) in [6.07, 6.45) is 0.448. The molecule has 7 heteroatoms. The molecule has 1 heterocycles. The molecule has 170 valence electrons. The van der Waals surface area contributed by atoms with Crippen LogP contribution in [0.25, 0.3) is 22.2 Å². The lowest BCUT2D eigenvalue weighted by Gasteiger charge is -2.19. The Morgan fingerprint density at radius 1 is 0.969 bits per heavy atom. The van der Waals surface area contributed by atoms with Crippen molar-refractivity contribution < 1.29 is 19.1 Å². The van der Waals surface area contributed by atoms with Gasteiger partial charge in [-0.05, 0) is 68.7 Å². The van der Waals surface area contributed by atoms with Gasteiger partial charge in [0.05, 0.1) is 7.11 Å². The number of benzene rings is 2. The van der Waals surface area contributed by atoms with Gasteiger partial charge in [0.1, 0.15) is 11.4 Å². The van der Waals surface area contributed by atoms with E-state index in [9.17, 15) is 9.59 Å². The monoisotopic (exact) mass is 437 g/mol. The van der Waals surface area contributed by atoms with Crippen molar-refractivity contribution in [2.45, 2.75) is 39.2 Å². The van der Waals surface area contributed by atoms with Gasteiger partial charge in [0.25, 0.3) is 0 Å². The molecule has 0 bridgehead atoms. The Balaban J connectivity index is 1.60. The van der Waals surface area contributed by atoms with Crippen molar-refractivity contribution in [1.29, 1.82) is 0 Å². The fourth-order valence-electron chi connectivity index (χ4n) is 3.47. The van der Waals surface area contributed by atoms with E-state index >= 15 is 0 Å². The van der Waals surface area contributed by atoms with Crippen LogP contribution in [-0.4, -0.2) is 42.8 Å². The molecule has 0 aliphatic rings. The Hall–Kier alpha value is -3.48. The number of fused-ring (bicyclic) bond motifs is 1. The van der Waals surface area contributed by atoms with Crippen LogP contribution in [0.1, 0.15) is 32.8 Å². The zero-order chi connectivity index (χ0) is 23.1. The molecule has 0 unspecified atom stereocenters. The van der Waals surface area contributed by atoms with Crippen LogP contribution in [-0.2, 0) is 16.0 Å². The number of aryl methyl sites for hydroxylation is 1. The standard InChI is InChI=1S/C25H31N3O4/c1-25(2,3)32-24(30)27-16-15-26-22(29)14-13-20-19-7-5-6-8-21(19)28-23(20)17-9-11-18(31-4)12-10-17/h5-12,28H,13-16H2,1-4H3,(H,26,29)(H,27,30). The number of rotatable bonds is 8. The number of methoxy groups -OCH3 is 1. The Kier molecular flexibility index (Phi) is 7.41. The summed E-state index contributed by atoms with van der Waals surface area (Å²) in [7, 11) is 1.64. The highest BCUT2D eigenvalue weighted by molar-refractivity contribution is 5.91. The molecule has 3 aromatic rings. The van der Waals surface area contributed by atoms with Gasteiger partial charge in [-0.25, -0.2) is 4.79 Å². The number of nitrogens with one attached hydrogen (secondary N) is 3. The molecule has 2 amide bonds. The normalized spacial score (nSPS) is 11.2. The lowest BCUT2D eigenvalue weighted by Crippen LogP contribution is -2.37. The molecule has 0 aliphatic carbocycles. The summed E-state index contributed by atoms with van der Waals surface area (Å²) >= 11 is 0. The van der Waals surface area contributed by atoms with Crippen molar-refractivity contribution in [2.24, 2.45) is 0 Å². The fourth-order valence-corrected chi connectivity index (χ4v) is 3.47. The van der Waals surface area contributed by atoms with Crippen LogP contribution in [0.2, 0.25) is 0 Å². The molecular weight excluding hydrogens is 406 g/mol. The Labute approximate surface area is 188 Å². The molecule has 0 aliphatic heterocycles. The lowest BCUT2D eigenvalue weighted by molar-refractivity contribution is -0.121. The van der Waals surface area contributed by atoms with Crippen molar-refractivity contribution in [3.05, 3.63) is 54.1 Å². The smallest absolute Gasteiger partial charge is 0.407 e. The number of hydrogen-bond acceptors (Lipinski definition) is 4. The predicted octanol–water partition coefficient (Wildman–Crippen LogP) is 4.42. The topological polar surface area (TPSA) is 92.5 Å². The average Bonchev–Trinajstić information content (AvgIpc) is 3.12. The van der Waals surface area contributed by atoms with Gasteiger partial charge in [-0.3, -0.25) is 4.79 Å². The van der Waals surface area contributed by atoms with Crippen molar-refractivity contribution in [1.82, 2.24) is 15.6 Å². The summed E-state index contributed by atoms with van der Waals surface area (Å²) in [5.41, 5.74) is 3.64. The number of para-hydroxylation sites is 1. The summed E-state index contributed by atoms with van der Waals surface area (Å²) in [4.78, 5) is 27.6. The Morgan fingerprint density at radius 3 is 2.34 bits per heavy atom. The maximum Gasteiger partial charge on any atom is 0.407 e. The Morgan fingerprint density at radius 2 is 1.66 bits per heavy atom. The first-order chi connectivity index (χ1) is 15.3. The number of H-pyrrole nitrogens is 1. The van der Waals surface area contributed by atoms with Crippen molar-refractivity contribution >= 4 is 22.9 Å². The van der Waals surface area contributed by atoms with Crippen LogP contribution >= 0.6 is 0 Å². The van der Waals surface area contributed by atoms with Gasteiger partial charge in [0, 0.05) is 36.1 Å². The quantitative estimate of drug-likeness (QED) is 0.455. The van der Waals surface area contributed by atoms with Crippen LogP contribution in [0, 0.1) is 0 Å². The Bertz CT molecular complexity index is 1060. The maximum absolute atomic E-state index is 12.4. The van der Waals surface area contributed by atoms with Crippen LogP contribution in [0.4, 0.5) is 4.79 Å². The average molecular weight is 438 g/mol. The molecule has 0 saturated carbocycles. The van der Waals surface area contributed by atoms with Gasteiger partial charge in [-0.2, -0.15) is 0 Å². The lowest BCUT2D eigenvalue weighted by atomic mass is 10.0. The molecule has 3 N–H and O–H groups in total. The second kappa shape index (κ2) is 10.2. The number of ether oxygens (including phenoxy) is 2. The van der Waals surface area contributed by atoms with E-state index in [2.05, 4.69) is 21.7 Å². The molecule has 0 atom stereocenters. The largest absolute Gasteiger partial charge is 0.497 e.